The Bertz CT molecular complexity index is 964. The van der Waals surface area contributed by atoms with Crippen molar-refractivity contribution >= 4 is 29.1 Å². The second kappa shape index (κ2) is 9.86. The summed E-state index contributed by atoms with van der Waals surface area (Å²) < 4.78 is 0. The maximum atomic E-state index is 13.2. The van der Waals surface area contributed by atoms with Gasteiger partial charge in [0.25, 0.3) is 17.5 Å². The number of nitro groups is 1. The number of benzene rings is 1. The van der Waals surface area contributed by atoms with E-state index >= 15 is 0 Å². The molecule has 2 amide bonds. The molecule has 0 aromatic heterocycles. The number of nitro benzene ring substituents is 1. The van der Waals surface area contributed by atoms with Gasteiger partial charge in [-0.3, -0.25) is 19.7 Å². The maximum Gasteiger partial charge on any atom is 0.271 e. The van der Waals surface area contributed by atoms with E-state index < -0.39 is 28.9 Å². The van der Waals surface area contributed by atoms with E-state index in [0.29, 0.717) is 13.1 Å². The van der Waals surface area contributed by atoms with Crippen LogP contribution in [0.5, 0.6) is 0 Å². The van der Waals surface area contributed by atoms with Crippen LogP contribution in [0, 0.1) is 10.1 Å². The highest BCUT2D eigenvalue weighted by Gasteiger charge is 2.30. The molecule has 31 heavy (non-hydrogen) atoms. The van der Waals surface area contributed by atoms with Gasteiger partial charge in [-0.25, -0.2) is 0 Å². The van der Waals surface area contributed by atoms with Crippen molar-refractivity contribution in [3.8, 4) is 0 Å². The number of nitrogens with one attached hydrogen (secondary N) is 1. The normalized spacial score (nSPS) is 21.8. The second-order valence-corrected chi connectivity index (χ2v) is 7.62. The third-order valence-corrected chi connectivity index (χ3v) is 5.54. The van der Waals surface area contributed by atoms with Crippen LogP contribution >= 0.6 is 11.6 Å². The summed E-state index contributed by atoms with van der Waals surface area (Å²) in [5, 5.41) is 33.3. The number of non-ortho nitro benzene ring substituents is 1. The van der Waals surface area contributed by atoms with Crippen LogP contribution in [-0.2, 0) is 4.79 Å². The first-order chi connectivity index (χ1) is 14.8. The summed E-state index contributed by atoms with van der Waals surface area (Å²) in [7, 11) is 0. The van der Waals surface area contributed by atoms with Crippen LogP contribution in [0.15, 0.2) is 58.8 Å². The van der Waals surface area contributed by atoms with Crippen molar-refractivity contribution in [2.24, 2.45) is 0 Å². The molecule has 1 aromatic carbocycles. The molecule has 0 saturated carbocycles. The third kappa shape index (κ3) is 5.19. The fourth-order valence-corrected chi connectivity index (χ4v) is 3.69. The van der Waals surface area contributed by atoms with Gasteiger partial charge in [0, 0.05) is 36.4 Å². The Morgan fingerprint density at radius 1 is 1.13 bits per heavy atom. The number of piperidine rings is 1. The standard InChI is InChI=1S/C21H22ClN3O6/c22-17(15-5-4-6-16(26)19(15)27)18(21(29)24-11-2-1-3-12-24)23-20(28)13-7-9-14(10-8-13)25(30)31/h4-10,16,19,26-27H,1-3,11-12H2,(H,23,28)/b18-17-. The summed E-state index contributed by atoms with van der Waals surface area (Å²) in [6, 6.07) is 4.90. The first kappa shape index (κ1) is 22.7. The Morgan fingerprint density at radius 2 is 1.77 bits per heavy atom. The van der Waals surface area contributed by atoms with Crippen LogP contribution in [0.3, 0.4) is 0 Å². The van der Waals surface area contributed by atoms with E-state index in [1.807, 2.05) is 0 Å². The number of hydrogen-bond acceptors (Lipinski definition) is 6. The SMILES string of the molecule is O=C(N/C(C(=O)N1CCCCC1)=C(\Cl)C1=CC=CC(O)C1O)c1ccc([N+](=O)[O-])cc1. The number of likely N-dealkylation sites (tertiary alicyclic amines) is 1. The Morgan fingerprint density at radius 3 is 2.39 bits per heavy atom. The number of carbonyl (C=O) groups excluding carboxylic acids is 2. The summed E-state index contributed by atoms with van der Waals surface area (Å²) in [5.41, 5.74) is -0.205. The Hall–Kier alpha value is -3.01. The monoisotopic (exact) mass is 447 g/mol. The zero-order valence-corrected chi connectivity index (χ0v) is 17.3. The molecule has 0 radical (unpaired) electrons. The lowest BCUT2D eigenvalue weighted by Gasteiger charge is -2.29. The second-order valence-electron chi connectivity index (χ2n) is 7.24. The summed E-state index contributed by atoms with van der Waals surface area (Å²) in [4.78, 5) is 37.7. The lowest BCUT2D eigenvalue weighted by molar-refractivity contribution is -0.384. The number of carbonyl (C=O) groups is 2. The summed E-state index contributed by atoms with van der Waals surface area (Å²) in [5.74, 6) is -1.19. The van der Waals surface area contributed by atoms with Gasteiger partial charge in [0.05, 0.1) is 9.96 Å². The molecular formula is C21H22ClN3O6. The van der Waals surface area contributed by atoms with Gasteiger partial charge in [0.15, 0.2) is 0 Å². The average molecular weight is 448 g/mol. The molecule has 2 unspecified atom stereocenters. The van der Waals surface area contributed by atoms with E-state index in [2.05, 4.69) is 5.32 Å². The van der Waals surface area contributed by atoms with Crippen molar-refractivity contribution in [1.29, 1.82) is 0 Å². The van der Waals surface area contributed by atoms with Crippen LogP contribution in [0.2, 0.25) is 0 Å². The van der Waals surface area contributed by atoms with Gasteiger partial charge in [-0.2, -0.15) is 0 Å². The van der Waals surface area contributed by atoms with Gasteiger partial charge in [0.1, 0.15) is 17.9 Å². The summed E-state index contributed by atoms with van der Waals surface area (Å²) in [6.45, 7) is 1.01. The average Bonchev–Trinajstić information content (AvgIpc) is 2.79. The minimum absolute atomic E-state index is 0.0945. The number of rotatable bonds is 5. The van der Waals surface area contributed by atoms with E-state index in [9.17, 15) is 29.9 Å². The third-order valence-electron chi connectivity index (χ3n) is 5.14. The molecule has 1 aromatic rings. The fraction of sp³-hybridized carbons (Fsp3) is 0.333. The largest absolute Gasteiger partial charge is 0.386 e. The Kier molecular flexibility index (Phi) is 7.21. The first-order valence-corrected chi connectivity index (χ1v) is 10.2. The zero-order chi connectivity index (χ0) is 22.5. The minimum atomic E-state index is -1.36. The van der Waals surface area contributed by atoms with Crippen molar-refractivity contribution in [3.05, 3.63) is 74.5 Å². The Labute approximate surface area is 183 Å². The molecule has 164 valence electrons. The molecule has 9 nitrogen and oxygen atoms in total. The van der Waals surface area contributed by atoms with Crippen LogP contribution in [0.1, 0.15) is 29.6 Å². The molecule has 1 saturated heterocycles. The molecule has 0 spiro atoms. The number of halogens is 1. The molecule has 1 heterocycles. The van der Waals surface area contributed by atoms with Crippen molar-refractivity contribution in [3.63, 3.8) is 0 Å². The topological polar surface area (TPSA) is 133 Å². The van der Waals surface area contributed by atoms with Crippen molar-refractivity contribution < 1.29 is 24.7 Å². The van der Waals surface area contributed by atoms with Gasteiger partial charge in [0.2, 0.25) is 0 Å². The smallest absolute Gasteiger partial charge is 0.271 e. The van der Waals surface area contributed by atoms with Crippen LogP contribution < -0.4 is 5.32 Å². The molecule has 1 aliphatic heterocycles. The molecular weight excluding hydrogens is 426 g/mol. The van der Waals surface area contributed by atoms with Crippen molar-refractivity contribution in [2.75, 3.05) is 13.1 Å². The van der Waals surface area contributed by atoms with Crippen molar-refractivity contribution in [1.82, 2.24) is 10.2 Å². The molecule has 0 bridgehead atoms. The van der Waals surface area contributed by atoms with E-state index in [-0.39, 0.29) is 27.6 Å². The molecule has 1 aliphatic carbocycles. The van der Waals surface area contributed by atoms with Gasteiger partial charge < -0.3 is 20.4 Å². The van der Waals surface area contributed by atoms with Crippen LogP contribution in [0.25, 0.3) is 0 Å². The van der Waals surface area contributed by atoms with Gasteiger partial charge >= 0.3 is 0 Å². The predicted octanol–water partition coefficient (Wildman–Crippen LogP) is 2.01. The minimum Gasteiger partial charge on any atom is -0.386 e. The van der Waals surface area contributed by atoms with E-state index in [4.69, 9.17) is 11.6 Å². The lowest BCUT2D eigenvalue weighted by Crippen LogP contribution is -2.42. The first-order valence-electron chi connectivity index (χ1n) is 9.79. The highest BCUT2D eigenvalue weighted by atomic mass is 35.5. The molecule has 2 atom stereocenters. The quantitative estimate of drug-likeness (QED) is 0.359. The highest BCUT2D eigenvalue weighted by Crippen LogP contribution is 2.28. The van der Waals surface area contributed by atoms with Gasteiger partial charge in [-0.15, -0.1) is 0 Å². The number of allylic oxidation sites excluding steroid dienone is 2. The molecule has 1 fully saturated rings. The van der Waals surface area contributed by atoms with Gasteiger partial charge in [-0.1, -0.05) is 29.8 Å². The number of amides is 2. The number of hydrogen-bond donors (Lipinski definition) is 3. The van der Waals surface area contributed by atoms with E-state index in [1.165, 1.54) is 42.5 Å². The van der Waals surface area contributed by atoms with Crippen molar-refractivity contribution in [2.45, 2.75) is 31.5 Å². The Balaban J connectivity index is 1.94. The van der Waals surface area contributed by atoms with E-state index in [0.717, 1.165) is 19.3 Å². The molecule has 2 aliphatic rings. The zero-order valence-electron chi connectivity index (χ0n) is 16.5. The fourth-order valence-electron chi connectivity index (χ4n) is 3.39. The number of aliphatic hydroxyl groups is 2. The summed E-state index contributed by atoms with van der Waals surface area (Å²) >= 11 is 6.45. The summed E-state index contributed by atoms with van der Waals surface area (Å²) in [6.07, 6.45) is 4.40. The highest BCUT2D eigenvalue weighted by molar-refractivity contribution is 6.34. The molecule has 10 heteroatoms. The maximum absolute atomic E-state index is 13.2. The van der Waals surface area contributed by atoms with E-state index in [1.54, 1.807) is 4.90 Å². The predicted molar refractivity (Wildman–Crippen MR) is 113 cm³/mol. The molecule has 3 rings (SSSR count). The number of aliphatic hydroxyl groups excluding tert-OH is 2. The lowest BCUT2D eigenvalue weighted by atomic mass is 9.97. The molecule has 3 N–H and O–H groups in total. The van der Waals surface area contributed by atoms with Gasteiger partial charge in [-0.05, 0) is 31.4 Å². The van der Waals surface area contributed by atoms with Crippen LogP contribution in [-0.4, -0.2) is 57.1 Å². The van der Waals surface area contributed by atoms with Crippen LogP contribution in [0.4, 0.5) is 5.69 Å². The number of nitrogens with zero attached hydrogens (tertiary/aromatic N) is 2.